The second-order valence-electron chi connectivity index (χ2n) is 5.78. The van der Waals surface area contributed by atoms with Gasteiger partial charge in [-0.05, 0) is 37.3 Å². The number of benzene rings is 1. The van der Waals surface area contributed by atoms with Crippen LogP contribution in [0.4, 0.5) is 0 Å². The Morgan fingerprint density at radius 1 is 1.14 bits per heavy atom. The minimum absolute atomic E-state index is 0.0189. The lowest BCUT2D eigenvalue weighted by Gasteiger charge is -2.27. The van der Waals surface area contributed by atoms with Crippen LogP contribution in [0, 0.1) is 11.8 Å². The van der Waals surface area contributed by atoms with Crippen molar-refractivity contribution in [3.8, 4) is 0 Å². The van der Waals surface area contributed by atoms with Gasteiger partial charge in [0.15, 0.2) is 0 Å². The van der Waals surface area contributed by atoms with Crippen molar-refractivity contribution in [1.29, 1.82) is 0 Å². The van der Waals surface area contributed by atoms with Crippen LogP contribution in [0.25, 0.3) is 0 Å². The van der Waals surface area contributed by atoms with Gasteiger partial charge in [0.2, 0.25) is 5.91 Å². The fraction of sp³-hybridized carbons (Fsp3) is 0.500. The van der Waals surface area contributed by atoms with Crippen molar-refractivity contribution >= 4 is 23.6 Å². The predicted molar refractivity (Wildman–Crippen MR) is 81.1 cm³/mol. The molecule has 112 valence electrons. The van der Waals surface area contributed by atoms with Crippen molar-refractivity contribution in [2.45, 2.75) is 36.6 Å². The molecule has 0 bridgehead atoms. The lowest BCUT2D eigenvalue weighted by Crippen LogP contribution is -2.34. The first-order valence-electron chi connectivity index (χ1n) is 7.40. The SMILES string of the molecule is O=C(O)C1CCC(C(=O)NC2CCSc3ccccc32)C1. The molecule has 1 aromatic rings. The molecule has 0 saturated heterocycles. The Labute approximate surface area is 128 Å². The van der Waals surface area contributed by atoms with E-state index >= 15 is 0 Å². The van der Waals surface area contributed by atoms with Gasteiger partial charge in [0.1, 0.15) is 0 Å². The number of carbonyl (C=O) groups is 2. The summed E-state index contributed by atoms with van der Waals surface area (Å²) < 4.78 is 0. The van der Waals surface area contributed by atoms with Gasteiger partial charge in [-0.2, -0.15) is 0 Å². The molecule has 4 nitrogen and oxygen atoms in total. The lowest BCUT2D eigenvalue weighted by atomic mass is 10.0. The van der Waals surface area contributed by atoms with E-state index in [4.69, 9.17) is 5.11 Å². The second-order valence-corrected chi connectivity index (χ2v) is 6.92. The fourth-order valence-electron chi connectivity index (χ4n) is 3.23. The molecule has 1 amide bonds. The van der Waals surface area contributed by atoms with Crippen molar-refractivity contribution in [1.82, 2.24) is 5.32 Å². The maximum absolute atomic E-state index is 12.4. The lowest BCUT2D eigenvalue weighted by molar-refractivity contribution is -0.141. The summed E-state index contributed by atoms with van der Waals surface area (Å²) in [6, 6.07) is 8.25. The molecule has 3 atom stereocenters. The minimum atomic E-state index is -0.773. The molecule has 0 spiro atoms. The topological polar surface area (TPSA) is 66.4 Å². The quantitative estimate of drug-likeness (QED) is 0.901. The Hall–Kier alpha value is -1.49. The third-order valence-electron chi connectivity index (χ3n) is 4.43. The molecule has 1 saturated carbocycles. The minimum Gasteiger partial charge on any atom is -0.481 e. The largest absolute Gasteiger partial charge is 0.481 e. The van der Waals surface area contributed by atoms with Crippen molar-refractivity contribution in [3.05, 3.63) is 29.8 Å². The van der Waals surface area contributed by atoms with Crippen LogP contribution in [0.3, 0.4) is 0 Å². The van der Waals surface area contributed by atoms with Gasteiger partial charge < -0.3 is 10.4 Å². The van der Waals surface area contributed by atoms with Gasteiger partial charge >= 0.3 is 5.97 Å². The van der Waals surface area contributed by atoms with Crippen molar-refractivity contribution in [3.63, 3.8) is 0 Å². The van der Waals surface area contributed by atoms with E-state index in [2.05, 4.69) is 17.4 Å². The molecule has 3 unspecified atom stereocenters. The summed E-state index contributed by atoms with van der Waals surface area (Å²) in [6.45, 7) is 0. The van der Waals surface area contributed by atoms with Crippen LogP contribution in [0.2, 0.25) is 0 Å². The monoisotopic (exact) mass is 305 g/mol. The molecule has 1 aromatic carbocycles. The molecule has 2 aliphatic rings. The molecule has 3 rings (SSSR count). The van der Waals surface area contributed by atoms with Crippen molar-refractivity contribution < 1.29 is 14.7 Å². The molecule has 1 aliphatic heterocycles. The molecule has 0 aromatic heterocycles. The van der Waals surface area contributed by atoms with Gasteiger partial charge in [0.05, 0.1) is 12.0 Å². The number of carbonyl (C=O) groups excluding carboxylic acids is 1. The fourth-order valence-corrected chi connectivity index (χ4v) is 4.35. The van der Waals surface area contributed by atoms with E-state index in [0.717, 1.165) is 12.2 Å². The van der Waals surface area contributed by atoms with E-state index in [1.54, 1.807) is 0 Å². The van der Waals surface area contributed by atoms with Crippen LogP contribution in [-0.4, -0.2) is 22.7 Å². The molecule has 0 radical (unpaired) electrons. The first-order chi connectivity index (χ1) is 10.1. The van der Waals surface area contributed by atoms with Gasteiger partial charge in [0, 0.05) is 16.6 Å². The predicted octanol–water partition coefficient (Wildman–Crippen LogP) is 2.84. The zero-order chi connectivity index (χ0) is 14.8. The summed E-state index contributed by atoms with van der Waals surface area (Å²) in [5.74, 6) is -0.248. The summed E-state index contributed by atoms with van der Waals surface area (Å²) in [7, 11) is 0. The molecular weight excluding hydrogens is 286 g/mol. The first kappa shape index (κ1) is 14.4. The molecular formula is C16H19NO3S. The standard InChI is InChI=1S/C16H19NO3S/c18-15(10-5-6-11(9-10)16(19)20)17-13-7-8-21-14-4-2-1-3-12(13)14/h1-4,10-11,13H,5-9H2,(H,17,18)(H,19,20). The van der Waals surface area contributed by atoms with Crippen molar-refractivity contribution in [2.75, 3.05) is 5.75 Å². The summed E-state index contributed by atoms with van der Waals surface area (Å²) in [5.41, 5.74) is 1.19. The first-order valence-corrected chi connectivity index (χ1v) is 8.38. The average Bonchev–Trinajstić information content (AvgIpc) is 2.98. The van der Waals surface area contributed by atoms with Crippen LogP contribution >= 0.6 is 11.8 Å². The van der Waals surface area contributed by atoms with E-state index in [9.17, 15) is 9.59 Å². The Morgan fingerprint density at radius 3 is 2.67 bits per heavy atom. The maximum atomic E-state index is 12.4. The Morgan fingerprint density at radius 2 is 1.90 bits per heavy atom. The number of rotatable bonds is 3. The highest BCUT2D eigenvalue weighted by Gasteiger charge is 2.35. The van der Waals surface area contributed by atoms with Crippen LogP contribution in [0.5, 0.6) is 0 Å². The van der Waals surface area contributed by atoms with E-state index in [1.807, 2.05) is 23.9 Å². The number of aliphatic carboxylic acids is 1. The molecule has 2 N–H and O–H groups in total. The molecule has 1 aliphatic carbocycles. The number of fused-ring (bicyclic) bond motifs is 1. The smallest absolute Gasteiger partial charge is 0.306 e. The molecule has 5 heteroatoms. The van der Waals surface area contributed by atoms with E-state index < -0.39 is 5.97 Å². The number of carboxylic acid groups (broad SMARTS) is 1. The van der Waals surface area contributed by atoms with Gasteiger partial charge in [-0.1, -0.05) is 18.2 Å². The van der Waals surface area contributed by atoms with E-state index in [1.165, 1.54) is 10.5 Å². The van der Waals surface area contributed by atoms with Crippen LogP contribution in [0.15, 0.2) is 29.2 Å². The number of thioether (sulfide) groups is 1. The third-order valence-corrected chi connectivity index (χ3v) is 5.55. The highest BCUT2D eigenvalue weighted by atomic mass is 32.2. The second kappa shape index (κ2) is 6.10. The highest BCUT2D eigenvalue weighted by Crippen LogP contribution is 2.37. The Kier molecular flexibility index (Phi) is 4.19. The van der Waals surface area contributed by atoms with Gasteiger partial charge in [-0.3, -0.25) is 9.59 Å². The number of amides is 1. The summed E-state index contributed by atoms with van der Waals surface area (Å²) >= 11 is 1.83. The third kappa shape index (κ3) is 3.07. The zero-order valence-electron chi connectivity index (χ0n) is 11.7. The van der Waals surface area contributed by atoms with E-state index in [0.29, 0.717) is 19.3 Å². The average molecular weight is 305 g/mol. The number of carboxylic acids is 1. The van der Waals surface area contributed by atoms with Gasteiger partial charge in [0.25, 0.3) is 0 Å². The number of nitrogens with one attached hydrogen (secondary N) is 1. The highest BCUT2D eigenvalue weighted by molar-refractivity contribution is 7.99. The number of hydrogen-bond donors (Lipinski definition) is 2. The summed E-state index contributed by atoms with van der Waals surface area (Å²) in [5, 5.41) is 12.2. The Bertz CT molecular complexity index is 560. The van der Waals surface area contributed by atoms with Crippen LogP contribution in [-0.2, 0) is 9.59 Å². The Balaban J connectivity index is 1.65. The summed E-state index contributed by atoms with van der Waals surface area (Å²) in [4.78, 5) is 24.6. The van der Waals surface area contributed by atoms with Gasteiger partial charge in [-0.25, -0.2) is 0 Å². The van der Waals surface area contributed by atoms with Crippen LogP contribution < -0.4 is 5.32 Å². The molecule has 1 fully saturated rings. The molecule has 21 heavy (non-hydrogen) atoms. The van der Waals surface area contributed by atoms with Crippen LogP contribution in [0.1, 0.15) is 37.3 Å². The molecule has 1 heterocycles. The summed E-state index contributed by atoms with van der Waals surface area (Å²) in [6.07, 6.45) is 2.71. The maximum Gasteiger partial charge on any atom is 0.306 e. The normalized spacial score (nSPS) is 27.9. The van der Waals surface area contributed by atoms with E-state index in [-0.39, 0.29) is 23.8 Å². The zero-order valence-corrected chi connectivity index (χ0v) is 12.6. The number of hydrogen-bond acceptors (Lipinski definition) is 3. The van der Waals surface area contributed by atoms with Crippen molar-refractivity contribution in [2.24, 2.45) is 11.8 Å². The van der Waals surface area contributed by atoms with Gasteiger partial charge in [-0.15, -0.1) is 11.8 Å².